The van der Waals surface area contributed by atoms with Gasteiger partial charge in [0, 0.05) is 12.1 Å². The first-order valence-corrected chi connectivity index (χ1v) is 5.71. The summed E-state index contributed by atoms with van der Waals surface area (Å²) < 4.78 is 0. The van der Waals surface area contributed by atoms with Gasteiger partial charge in [-0.15, -0.1) is 5.16 Å². The molecule has 0 spiro atoms. The summed E-state index contributed by atoms with van der Waals surface area (Å²) >= 11 is 0. The summed E-state index contributed by atoms with van der Waals surface area (Å²) in [4.78, 5) is 0. The van der Waals surface area contributed by atoms with Crippen LogP contribution in [0.15, 0.2) is 28.5 Å². The van der Waals surface area contributed by atoms with Gasteiger partial charge in [-0.3, -0.25) is 0 Å². The van der Waals surface area contributed by atoms with Crippen LogP contribution in [0.4, 0.5) is 0 Å². The Balaban J connectivity index is 2.31. The van der Waals surface area contributed by atoms with Crippen LogP contribution in [-0.2, 0) is 0 Å². The molecule has 2 nitrogen and oxygen atoms in total. The maximum atomic E-state index is 8.43. The van der Waals surface area contributed by atoms with Gasteiger partial charge < -0.3 is 5.21 Å². The molecule has 0 aliphatic heterocycles. The molecule has 0 radical (unpaired) electrons. The zero-order valence-corrected chi connectivity index (χ0v) is 9.74. The van der Waals surface area contributed by atoms with E-state index in [0.717, 1.165) is 25.7 Å². The predicted octanol–water partition coefficient (Wildman–Crippen LogP) is 3.92. The number of hydrogen-bond acceptors (Lipinski definition) is 2. The number of nitrogens with zero attached hydrogens (tertiary/aromatic N) is 1. The summed E-state index contributed by atoms with van der Waals surface area (Å²) in [6, 6.07) is 0. The third-order valence-corrected chi connectivity index (χ3v) is 2.84. The molecule has 0 aromatic carbocycles. The second-order valence-electron chi connectivity index (χ2n) is 4.48. The first kappa shape index (κ1) is 12.0. The highest BCUT2D eigenvalue weighted by Gasteiger charge is 2.11. The molecule has 0 fully saturated rings. The average Bonchev–Trinajstić information content (AvgIpc) is 2.20. The van der Waals surface area contributed by atoms with Crippen molar-refractivity contribution in [2.45, 2.75) is 46.0 Å². The van der Waals surface area contributed by atoms with E-state index in [1.807, 2.05) is 0 Å². The van der Waals surface area contributed by atoms with Gasteiger partial charge in [-0.2, -0.15) is 0 Å². The Morgan fingerprint density at radius 2 is 2.40 bits per heavy atom. The molecular weight excluding hydrogens is 186 g/mol. The molecule has 0 saturated carbocycles. The Kier molecular flexibility index (Phi) is 5.16. The van der Waals surface area contributed by atoms with Crippen LogP contribution in [0.25, 0.3) is 0 Å². The van der Waals surface area contributed by atoms with Crippen molar-refractivity contribution in [2.24, 2.45) is 11.1 Å². The van der Waals surface area contributed by atoms with Crippen molar-refractivity contribution in [3.05, 3.63) is 23.3 Å². The van der Waals surface area contributed by atoms with Crippen molar-refractivity contribution in [1.82, 2.24) is 0 Å². The molecule has 0 aromatic heterocycles. The van der Waals surface area contributed by atoms with Crippen LogP contribution in [0, 0.1) is 5.92 Å². The minimum Gasteiger partial charge on any atom is -0.411 e. The van der Waals surface area contributed by atoms with Gasteiger partial charge in [0.15, 0.2) is 0 Å². The van der Waals surface area contributed by atoms with Crippen LogP contribution in [0.1, 0.15) is 46.0 Å². The first-order chi connectivity index (χ1) is 7.22. The van der Waals surface area contributed by atoms with Gasteiger partial charge in [-0.1, -0.05) is 23.3 Å². The first-order valence-electron chi connectivity index (χ1n) is 5.71. The Morgan fingerprint density at radius 3 is 2.93 bits per heavy atom. The van der Waals surface area contributed by atoms with E-state index in [2.05, 4.69) is 31.2 Å². The van der Waals surface area contributed by atoms with E-state index in [0.29, 0.717) is 5.92 Å². The van der Waals surface area contributed by atoms with Crippen LogP contribution in [0.5, 0.6) is 0 Å². The molecule has 1 rings (SSSR count). The molecule has 0 aromatic rings. The summed E-state index contributed by atoms with van der Waals surface area (Å²) in [5, 5.41) is 11.5. The lowest BCUT2D eigenvalue weighted by Gasteiger charge is -2.17. The van der Waals surface area contributed by atoms with Crippen molar-refractivity contribution in [1.29, 1.82) is 0 Å². The molecule has 0 saturated heterocycles. The van der Waals surface area contributed by atoms with Crippen molar-refractivity contribution in [2.75, 3.05) is 0 Å². The Labute approximate surface area is 92.4 Å². The van der Waals surface area contributed by atoms with Crippen LogP contribution < -0.4 is 0 Å². The molecule has 84 valence electrons. The van der Waals surface area contributed by atoms with E-state index in [1.165, 1.54) is 12.0 Å². The molecule has 0 amide bonds. The van der Waals surface area contributed by atoms with Crippen LogP contribution in [0.3, 0.4) is 0 Å². The largest absolute Gasteiger partial charge is 0.411 e. The van der Waals surface area contributed by atoms with Gasteiger partial charge in [0.25, 0.3) is 0 Å². The lowest BCUT2D eigenvalue weighted by molar-refractivity contribution is 0.317. The normalized spacial score (nSPS) is 21.5. The smallest absolute Gasteiger partial charge is 0.0470 e. The van der Waals surface area contributed by atoms with E-state index >= 15 is 0 Å². The third kappa shape index (κ3) is 4.82. The summed E-state index contributed by atoms with van der Waals surface area (Å²) in [5.41, 5.74) is 2.96. The average molecular weight is 207 g/mol. The molecule has 1 unspecified atom stereocenters. The topological polar surface area (TPSA) is 32.6 Å². The number of allylic oxidation sites excluding steroid dienone is 4. The highest BCUT2D eigenvalue weighted by molar-refractivity contribution is 5.60. The maximum Gasteiger partial charge on any atom is 0.0470 e. The molecule has 1 aliphatic rings. The number of hydrogen-bond donors (Lipinski definition) is 1. The quantitative estimate of drug-likeness (QED) is 0.322. The standard InChI is InChI=1S/C13H21NO/c1-11(2)4-3-5-12-6-8-13(9-7-12)10-14-15/h4,6,10,13,15H,3,5,7-9H2,1-2H3/b14-10-. The van der Waals surface area contributed by atoms with E-state index in [-0.39, 0.29) is 0 Å². The van der Waals surface area contributed by atoms with E-state index in [9.17, 15) is 0 Å². The summed E-state index contributed by atoms with van der Waals surface area (Å²) in [6.45, 7) is 4.28. The van der Waals surface area contributed by atoms with Crippen LogP contribution >= 0.6 is 0 Å². The van der Waals surface area contributed by atoms with Crippen LogP contribution in [0.2, 0.25) is 0 Å². The van der Waals surface area contributed by atoms with Gasteiger partial charge in [0.1, 0.15) is 0 Å². The molecule has 1 aliphatic carbocycles. The van der Waals surface area contributed by atoms with E-state index in [1.54, 1.807) is 11.8 Å². The Morgan fingerprint density at radius 1 is 1.60 bits per heavy atom. The highest BCUT2D eigenvalue weighted by Crippen LogP contribution is 2.25. The monoisotopic (exact) mass is 207 g/mol. The molecule has 2 heteroatoms. The van der Waals surface area contributed by atoms with E-state index < -0.39 is 0 Å². The van der Waals surface area contributed by atoms with Gasteiger partial charge in [-0.05, 0) is 46.0 Å². The van der Waals surface area contributed by atoms with Crippen molar-refractivity contribution < 1.29 is 5.21 Å². The molecule has 0 bridgehead atoms. The minimum absolute atomic E-state index is 0.446. The van der Waals surface area contributed by atoms with Crippen LogP contribution in [-0.4, -0.2) is 11.4 Å². The summed E-state index contributed by atoms with van der Waals surface area (Å²) in [7, 11) is 0. The van der Waals surface area contributed by atoms with E-state index in [4.69, 9.17) is 5.21 Å². The van der Waals surface area contributed by atoms with Crippen molar-refractivity contribution in [3.8, 4) is 0 Å². The molecule has 1 atom stereocenters. The van der Waals surface area contributed by atoms with Crippen molar-refractivity contribution >= 4 is 6.21 Å². The summed E-state index contributed by atoms with van der Waals surface area (Å²) in [5.74, 6) is 0.446. The number of oxime groups is 1. The fourth-order valence-electron chi connectivity index (χ4n) is 1.91. The molecular formula is C13H21NO. The zero-order chi connectivity index (χ0) is 11.1. The molecule has 1 N–H and O–H groups in total. The Hall–Kier alpha value is -1.05. The van der Waals surface area contributed by atoms with Crippen molar-refractivity contribution in [3.63, 3.8) is 0 Å². The third-order valence-electron chi connectivity index (χ3n) is 2.84. The fourth-order valence-corrected chi connectivity index (χ4v) is 1.91. The maximum absolute atomic E-state index is 8.43. The van der Waals surface area contributed by atoms with Gasteiger partial charge >= 0.3 is 0 Å². The highest BCUT2D eigenvalue weighted by atomic mass is 16.4. The Bertz CT molecular complexity index is 272. The fraction of sp³-hybridized carbons (Fsp3) is 0.615. The minimum atomic E-state index is 0.446. The lowest BCUT2D eigenvalue weighted by atomic mass is 9.88. The molecule has 0 heterocycles. The lowest BCUT2D eigenvalue weighted by Crippen LogP contribution is -2.06. The van der Waals surface area contributed by atoms with Gasteiger partial charge in [-0.25, -0.2) is 0 Å². The van der Waals surface area contributed by atoms with Gasteiger partial charge in [0.2, 0.25) is 0 Å². The molecule has 15 heavy (non-hydrogen) atoms. The zero-order valence-electron chi connectivity index (χ0n) is 9.74. The SMILES string of the molecule is CC(C)=CCCC1=CCC(/C=N\O)CC1. The predicted molar refractivity (Wildman–Crippen MR) is 64.4 cm³/mol. The second-order valence-corrected chi connectivity index (χ2v) is 4.48. The van der Waals surface area contributed by atoms with Gasteiger partial charge in [0.05, 0.1) is 0 Å². The number of rotatable bonds is 4. The summed E-state index contributed by atoms with van der Waals surface area (Å²) in [6.07, 6.45) is 11.9. The second kappa shape index (κ2) is 6.44.